The lowest BCUT2D eigenvalue weighted by molar-refractivity contribution is 0.105. The first-order valence-electron chi connectivity index (χ1n) is 7.00. The Hall–Kier alpha value is -1.88. The Balaban J connectivity index is 2.08. The SMILES string of the molecule is O=C(C(=Cc1ccc(Cl)cc1Cl)n1ccnc1)c1ccc(Br)cc1. The molecule has 6 heteroatoms. The van der Waals surface area contributed by atoms with Crippen LogP contribution in [0.4, 0.5) is 0 Å². The fourth-order valence-corrected chi connectivity index (χ4v) is 2.90. The Morgan fingerprint density at radius 3 is 2.50 bits per heavy atom. The molecule has 0 aliphatic rings. The number of halogens is 3. The maximum Gasteiger partial charge on any atom is 0.209 e. The van der Waals surface area contributed by atoms with E-state index < -0.39 is 0 Å². The molecule has 0 fully saturated rings. The van der Waals surface area contributed by atoms with Crippen molar-refractivity contribution in [1.82, 2.24) is 9.55 Å². The highest BCUT2D eigenvalue weighted by Crippen LogP contribution is 2.25. The second kappa shape index (κ2) is 7.34. The highest BCUT2D eigenvalue weighted by atomic mass is 79.9. The molecule has 24 heavy (non-hydrogen) atoms. The highest BCUT2D eigenvalue weighted by molar-refractivity contribution is 9.10. The maximum atomic E-state index is 12.9. The van der Waals surface area contributed by atoms with E-state index in [9.17, 15) is 4.79 Å². The van der Waals surface area contributed by atoms with Crippen LogP contribution in [0.1, 0.15) is 15.9 Å². The van der Waals surface area contributed by atoms with E-state index in [1.165, 1.54) is 0 Å². The zero-order chi connectivity index (χ0) is 17.1. The summed E-state index contributed by atoms with van der Waals surface area (Å²) in [4.78, 5) is 17.0. The molecule has 1 aromatic heterocycles. The largest absolute Gasteiger partial charge is 0.303 e. The van der Waals surface area contributed by atoms with Crippen LogP contribution in [0.15, 0.2) is 65.7 Å². The zero-order valence-corrected chi connectivity index (χ0v) is 15.4. The van der Waals surface area contributed by atoms with Crippen LogP contribution in [0.2, 0.25) is 10.0 Å². The number of hydrogen-bond acceptors (Lipinski definition) is 2. The van der Waals surface area contributed by atoms with E-state index in [4.69, 9.17) is 23.2 Å². The Bertz CT molecular complexity index is 903. The third-order valence-corrected chi connectivity index (χ3v) is 4.47. The van der Waals surface area contributed by atoms with E-state index in [1.54, 1.807) is 59.7 Å². The van der Waals surface area contributed by atoms with Crippen LogP contribution in [0, 0.1) is 0 Å². The lowest BCUT2D eigenvalue weighted by atomic mass is 10.1. The van der Waals surface area contributed by atoms with Gasteiger partial charge < -0.3 is 4.57 Å². The molecule has 0 N–H and O–H groups in total. The summed E-state index contributed by atoms with van der Waals surface area (Å²) in [5.41, 5.74) is 1.72. The topological polar surface area (TPSA) is 34.9 Å². The van der Waals surface area contributed by atoms with Gasteiger partial charge in [-0.2, -0.15) is 0 Å². The molecule has 120 valence electrons. The van der Waals surface area contributed by atoms with Crippen molar-refractivity contribution in [2.45, 2.75) is 0 Å². The van der Waals surface area contributed by atoms with E-state index in [0.29, 0.717) is 26.9 Å². The number of carbonyl (C=O) groups is 1. The number of Topliss-reactive ketones (excluding diaryl/α,β-unsaturated/α-hetero) is 1. The lowest BCUT2D eigenvalue weighted by Gasteiger charge is -2.09. The average molecular weight is 422 g/mol. The summed E-state index contributed by atoms with van der Waals surface area (Å²) < 4.78 is 2.57. The first-order valence-corrected chi connectivity index (χ1v) is 8.55. The van der Waals surface area contributed by atoms with Gasteiger partial charge in [0.1, 0.15) is 0 Å². The van der Waals surface area contributed by atoms with Gasteiger partial charge in [-0.05, 0) is 48.0 Å². The average Bonchev–Trinajstić information content (AvgIpc) is 3.08. The predicted molar refractivity (Wildman–Crippen MR) is 101 cm³/mol. The normalized spacial score (nSPS) is 11.5. The number of ketones is 1. The third kappa shape index (κ3) is 3.78. The molecule has 0 aliphatic heterocycles. The quantitative estimate of drug-likeness (QED) is 0.392. The van der Waals surface area contributed by atoms with Crippen molar-refractivity contribution in [3.63, 3.8) is 0 Å². The Labute approximate surface area is 157 Å². The third-order valence-electron chi connectivity index (χ3n) is 3.38. The molecular formula is C18H11BrCl2N2O. The molecule has 0 spiro atoms. The molecule has 0 amide bonds. The van der Waals surface area contributed by atoms with Crippen LogP contribution in [0.5, 0.6) is 0 Å². The number of carbonyl (C=O) groups excluding carboxylic acids is 1. The highest BCUT2D eigenvalue weighted by Gasteiger charge is 2.15. The van der Waals surface area contributed by atoms with Gasteiger partial charge in [-0.15, -0.1) is 0 Å². The van der Waals surface area contributed by atoms with Gasteiger partial charge in [0, 0.05) is 32.5 Å². The first kappa shape index (κ1) is 17.0. The van der Waals surface area contributed by atoms with Gasteiger partial charge in [-0.3, -0.25) is 4.79 Å². The molecule has 3 nitrogen and oxygen atoms in total. The zero-order valence-electron chi connectivity index (χ0n) is 12.3. The summed E-state index contributed by atoms with van der Waals surface area (Å²) in [6.07, 6.45) is 6.63. The van der Waals surface area contributed by atoms with Gasteiger partial charge in [-0.25, -0.2) is 4.98 Å². The van der Waals surface area contributed by atoms with Crippen molar-refractivity contribution in [2.75, 3.05) is 0 Å². The van der Waals surface area contributed by atoms with E-state index in [0.717, 1.165) is 4.47 Å². The number of aromatic nitrogens is 2. The molecule has 3 aromatic rings. The van der Waals surface area contributed by atoms with Crippen LogP contribution in [0.25, 0.3) is 11.8 Å². The molecule has 0 unspecified atom stereocenters. The fourth-order valence-electron chi connectivity index (χ4n) is 2.17. The second-order valence-corrected chi connectivity index (χ2v) is 6.76. The van der Waals surface area contributed by atoms with E-state index >= 15 is 0 Å². The minimum absolute atomic E-state index is 0.133. The smallest absolute Gasteiger partial charge is 0.209 e. The van der Waals surface area contributed by atoms with Crippen molar-refractivity contribution in [1.29, 1.82) is 0 Å². The second-order valence-electron chi connectivity index (χ2n) is 5.00. The summed E-state index contributed by atoms with van der Waals surface area (Å²) in [5, 5.41) is 1.02. The standard InChI is InChI=1S/C18H11BrCl2N2O/c19-14-4-1-12(2-5-14)18(24)17(23-8-7-22-11-23)9-13-3-6-15(20)10-16(13)21/h1-11H. The van der Waals surface area contributed by atoms with Gasteiger partial charge in [0.25, 0.3) is 0 Å². The van der Waals surface area contributed by atoms with Gasteiger partial charge in [-0.1, -0.05) is 45.2 Å². The molecule has 0 aliphatic carbocycles. The van der Waals surface area contributed by atoms with Crippen molar-refractivity contribution >= 4 is 56.7 Å². The molecule has 2 aromatic carbocycles. The monoisotopic (exact) mass is 420 g/mol. The van der Waals surface area contributed by atoms with E-state index in [1.807, 2.05) is 12.1 Å². The predicted octanol–water partition coefficient (Wildman–Crippen LogP) is 5.83. The van der Waals surface area contributed by atoms with Crippen LogP contribution in [-0.4, -0.2) is 15.3 Å². The lowest BCUT2D eigenvalue weighted by Crippen LogP contribution is -2.08. The number of nitrogens with zero attached hydrogens (tertiary/aromatic N) is 2. The number of rotatable bonds is 4. The number of allylic oxidation sites excluding steroid dienone is 1. The van der Waals surface area contributed by atoms with Gasteiger partial charge in [0.05, 0.1) is 12.0 Å². The summed E-state index contributed by atoms with van der Waals surface area (Å²) in [5.74, 6) is -0.133. The molecule has 0 saturated carbocycles. The van der Waals surface area contributed by atoms with Crippen molar-refractivity contribution in [3.8, 4) is 0 Å². The molecule has 1 heterocycles. The summed E-state index contributed by atoms with van der Waals surface area (Å²) in [7, 11) is 0. The van der Waals surface area contributed by atoms with Gasteiger partial charge >= 0.3 is 0 Å². The van der Waals surface area contributed by atoms with E-state index in [2.05, 4.69) is 20.9 Å². The van der Waals surface area contributed by atoms with Crippen LogP contribution in [-0.2, 0) is 0 Å². The number of hydrogen-bond donors (Lipinski definition) is 0. The molecule has 0 saturated heterocycles. The van der Waals surface area contributed by atoms with Crippen molar-refractivity contribution in [2.24, 2.45) is 0 Å². The Kier molecular flexibility index (Phi) is 5.19. The van der Waals surface area contributed by atoms with Gasteiger partial charge in [0.15, 0.2) is 0 Å². The first-order chi connectivity index (χ1) is 11.5. The summed E-state index contributed by atoms with van der Waals surface area (Å²) in [6, 6.07) is 12.3. The minimum Gasteiger partial charge on any atom is -0.303 e. The molecule has 0 bridgehead atoms. The molecule has 0 radical (unpaired) electrons. The minimum atomic E-state index is -0.133. The summed E-state index contributed by atoms with van der Waals surface area (Å²) >= 11 is 15.5. The maximum absolute atomic E-state index is 12.9. The molecule has 3 rings (SSSR count). The van der Waals surface area contributed by atoms with Crippen LogP contribution in [0.3, 0.4) is 0 Å². The van der Waals surface area contributed by atoms with E-state index in [-0.39, 0.29) is 5.78 Å². The Morgan fingerprint density at radius 2 is 1.88 bits per heavy atom. The summed E-state index contributed by atoms with van der Waals surface area (Å²) in [6.45, 7) is 0. The number of benzene rings is 2. The van der Waals surface area contributed by atoms with Crippen LogP contribution >= 0.6 is 39.1 Å². The Morgan fingerprint density at radius 1 is 1.12 bits per heavy atom. The fraction of sp³-hybridized carbons (Fsp3) is 0. The van der Waals surface area contributed by atoms with Gasteiger partial charge in [0.2, 0.25) is 5.78 Å². The molecular weight excluding hydrogens is 411 g/mol. The van der Waals surface area contributed by atoms with Crippen molar-refractivity contribution < 1.29 is 4.79 Å². The number of imidazole rings is 1. The van der Waals surface area contributed by atoms with Crippen LogP contribution < -0.4 is 0 Å². The van der Waals surface area contributed by atoms with Crippen molar-refractivity contribution in [3.05, 3.63) is 86.8 Å². The molecule has 0 atom stereocenters.